The lowest BCUT2D eigenvalue weighted by atomic mass is 9.77. The number of aromatic nitrogens is 3. The molecule has 0 saturated carbocycles. The van der Waals surface area contributed by atoms with Gasteiger partial charge in [0.2, 0.25) is 5.88 Å². The number of alkyl halides is 3. The fraction of sp³-hybridized carbons (Fsp3) is 0.375. The number of aromatic amines is 1. The van der Waals surface area contributed by atoms with Gasteiger partial charge in [0.25, 0.3) is 0 Å². The molecule has 3 aliphatic heterocycles. The summed E-state index contributed by atoms with van der Waals surface area (Å²) >= 11 is 0. The van der Waals surface area contributed by atoms with E-state index in [0.29, 0.717) is 12.1 Å². The van der Waals surface area contributed by atoms with Crippen molar-refractivity contribution in [3.8, 4) is 28.1 Å². The predicted octanol–water partition coefficient (Wildman–Crippen LogP) is 4.00. The summed E-state index contributed by atoms with van der Waals surface area (Å²) in [6, 6.07) is 10.9. The molecule has 0 radical (unpaired) electrons. The molecule has 3 N–H and O–H groups in total. The van der Waals surface area contributed by atoms with Crippen LogP contribution in [0.25, 0.3) is 22.3 Å². The monoisotopic (exact) mass is 487 g/mol. The van der Waals surface area contributed by atoms with Crippen molar-refractivity contribution >= 4 is 11.8 Å². The average molecular weight is 487 g/mol. The smallest absolute Gasteiger partial charge is 0.475 e. The number of anilines is 1. The molecule has 1 spiro atoms. The number of carbonyl (C=O) groups is 1. The molecule has 0 bridgehead atoms. The fourth-order valence-electron chi connectivity index (χ4n) is 4.92. The van der Waals surface area contributed by atoms with Crippen molar-refractivity contribution in [3.05, 3.63) is 48.3 Å². The number of piperidine rings is 1. The average Bonchev–Trinajstić information content (AvgIpc) is 3.38. The first-order valence-electron chi connectivity index (χ1n) is 11.3. The number of hydrogen-bond acceptors (Lipinski definition) is 6. The second-order valence-electron chi connectivity index (χ2n) is 8.85. The predicted molar refractivity (Wildman–Crippen MR) is 122 cm³/mol. The van der Waals surface area contributed by atoms with Gasteiger partial charge in [-0.05, 0) is 67.2 Å². The molecule has 0 aliphatic carbocycles. The van der Waals surface area contributed by atoms with Crippen LogP contribution in [0.1, 0.15) is 24.8 Å². The lowest BCUT2D eigenvalue weighted by Gasteiger charge is -2.56. The number of halogens is 3. The SMILES string of the molecule is O=C(O)C(F)(F)F.c1cc2c(cc1-c1cn[nH]c1)COc1nc(N3CCC34CCNCC4)ccc1-2. The zero-order chi connectivity index (χ0) is 24.6. The number of benzene rings is 1. The molecule has 0 atom stereocenters. The molecule has 35 heavy (non-hydrogen) atoms. The number of fused-ring (bicyclic) bond motifs is 3. The van der Waals surface area contributed by atoms with E-state index in [1.807, 2.05) is 12.4 Å². The highest BCUT2D eigenvalue weighted by Gasteiger charge is 2.46. The molecule has 5 heterocycles. The number of H-pyrrole nitrogens is 1. The highest BCUT2D eigenvalue weighted by atomic mass is 19.4. The number of nitrogens with one attached hydrogen (secondary N) is 2. The first-order chi connectivity index (χ1) is 16.8. The number of ether oxygens (including phenoxy) is 1. The van der Waals surface area contributed by atoms with E-state index in [2.05, 4.69) is 50.7 Å². The first-order valence-corrected chi connectivity index (χ1v) is 11.3. The standard InChI is InChI=1S/C22H23N5O.C2HF3O2/c1-2-18-16(11-15(1)17-12-24-25-13-17)14-28-21-19(18)3-4-20(26-21)27-10-7-22(27)5-8-23-9-6-22;3-2(4,5)1(6)7/h1-4,11-13,23H,5-10,14H2,(H,24,25);(H,6,7). The van der Waals surface area contributed by atoms with Crippen molar-refractivity contribution in [1.82, 2.24) is 20.5 Å². The summed E-state index contributed by atoms with van der Waals surface area (Å²) in [7, 11) is 0. The number of rotatable bonds is 2. The number of hydrogen-bond donors (Lipinski definition) is 3. The molecular weight excluding hydrogens is 463 g/mol. The molecule has 2 aromatic heterocycles. The minimum atomic E-state index is -5.08. The highest BCUT2D eigenvalue weighted by Crippen LogP contribution is 2.44. The largest absolute Gasteiger partial charge is 0.490 e. The maximum absolute atomic E-state index is 10.6. The second-order valence-corrected chi connectivity index (χ2v) is 8.85. The van der Waals surface area contributed by atoms with Crippen molar-refractivity contribution < 1.29 is 27.8 Å². The molecule has 0 amide bonds. The summed E-state index contributed by atoms with van der Waals surface area (Å²) in [5, 5.41) is 17.5. The Labute approximate surface area is 199 Å². The van der Waals surface area contributed by atoms with Gasteiger partial charge in [0.15, 0.2) is 0 Å². The minimum absolute atomic E-state index is 0.304. The quantitative estimate of drug-likeness (QED) is 0.502. The van der Waals surface area contributed by atoms with Crippen LogP contribution in [0.15, 0.2) is 42.7 Å². The lowest BCUT2D eigenvalue weighted by molar-refractivity contribution is -0.192. The number of aliphatic carboxylic acids is 1. The Kier molecular flexibility index (Phi) is 5.87. The number of carboxylic acid groups (broad SMARTS) is 1. The molecule has 2 fully saturated rings. The van der Waals surface area contributed by atoms with Crippen molar-refractivity contribution in [2.75, 3.05) is 24.5 Å². The summed E-state index contributed by atoms with van der Waals surface area (Å²) in [5.74, 6) is -0.935. The number of nitrogens with zero attached hydrogens (tertiary/aromatic N) is 3. The van der Waals surface area contributed by atoms with Crippen molar-refractivity contribution in [2.24, 2.45) is 0 Å². The van der Waals surface area contributed by atoms with Gasteiger partial charge < -0.3 is 20.1 Å². The van der Waals surface area contributed by atoms with Crippen LogP contribution in [0.5, 0.6) is 5.88 Å². The second kappa shape index (κ2) is 8.88. The molecule has 184 valence electrons. The van der Waals surface area contributed by atoms with Gasteiger partial charge in [-0.2, -0.15) is 23.3 Å². The van der Waals surface area contributed by atoms with Crippen LogP contribution in [0.3, 0.4) is 0 Å². The molecule has 11 heteroatoms. The molecule has 3 aliphatic rings. The highest BCUT2D eigenvalue weighted by molar-refractivity contribution is 5.78. The van der Waals surface area contributed by atoms with Gasteiger partial charge in [-0.3, -0.25) is 5.10 Å². The molecule has 1 aromatic carbocycles. The topological polar surface area (TPSA) is 103 Å². The van der Waals surface area contributed by atoms with Crippen molar-refractivity contribution in [2.45, 2.75) is 37.6 Å². The van der Waals surface area contributed by atoms with Crippen LogP contribution < -0.4 is 15.0 Å². The minimum Gasteiger partial charge on any atom is -0.475 e. The van der Waals surface area contributed by atoms with Gasteiger partial charge >= 0.3 is 12.1 Å². The van der Waals surface area contributed by atoms with E-state index in [1.165, 1.54) is 30.4 Å². The summed E-state index contributed by atoms with van der Waals surface area (Å²) in [5.41, 5.74) is 6.04. The van der Waals surface area contributed by atoms with Crippen LogP contribution in [-0.4, -0.2) is 57.6 Å². The van der Waals surface area contributed by atoms with Gasteiger partial charge in [-0.1, -0.05) is 12.1 Å². The molecular formula is C24H24F3N5O3. The third-order valence-electron chi connectivity index (χ3n) is 6.86. The third-order valence-corrected chi connectivity index (χ3v) is 6.86. The summed E-state index contributed by atoms with van der Waals surface area (Å²) in [4.78, 5) is 16.3. The van der Waals surface area contributed by atoms with E-state index in [1.54, 1.807) is 0 Å². The Hall–Kier alpha value is -3.60. The van der Waals surface area contributed by atoms with Gasteiger partial charge in [0, 0.05) is 29.4 Å². The summed E-state index contributed by atoms with van der Waals surface area (Å²) in [6.45, 7) is 3.85. The lowest BCUT2D eigenvalue weighted by Crippen LogP contribution is -2.64. The van der Waals surface area contributed by atoms with E-state index >= 15 is 0 Å². The molecule has 6 rings (SSSR count). The first kappa shape index (κ1) is 23.2. The van der Waals surface area contributed by atoms with Crippen LogP contribution in [0, 0.1) is 0 Å². The normalized spacial score (nSPS) is 17.9. The Morgan fingerprint density at radius 2 is 1.83 bits per heavy atom. The zero-order valence-electron chi connectivity index (χ0n) is 18.7. The molecule has 3 aromatic rings. The van der Waals surface area contributed by atoms with Crippen LogP contribution >= 0.6 is 0 Å². The Balaban J connectivity index is 0.000000320. The van der Waals surface area contributed by atoms with Crippen molar-refractivity contribution in [3.63, 3.8) is 0 Å². The van der Waals surface area contributed by atoms with E-state index < -0.39 is 12.1 Å². The van der Waals surface area contributed by atoms with Crippen LogP contribution in [-0.2, 0) is 11.4 Å². The van der Waals surface area contributed by atoms with E-state index in [4.69, 9.17) is 19.6 Å². The van der Waals surface area contributed by atoms with E-state index in [0.717, 1.165) is 48.0 Å². The Morgan fingerprint density at radius 3 is 2.46 bits per heavy atom. The third kappa shape index (κ3) is 4.43. The Morgan fingerprint density at radius 1 is 1.09 bits per heavy atom. The van der Waals surface area contributed by atoms with Crippen molar-refractivity contribution in [1.29, 1.82) is 0 Å². The zero-order valence-corrected chi connectivity index (χ0v) is 18.7. The van der Waals surface area contributed by atoms with Gasteiger partial charge in [0.1, 0.15) is 12.4 Å². The summed E-state index contributed by atoms with van der Waals surface area (Å²) < 4.78 is 37.8. The van der Waals surface area contributed by atoms with Crippen LogP contribution in [0.2, 0.25) is 0 Å². The molecule has 8 nitrogen and oxygen atoms in total. The maximum atomic E-state index is 10.6. The van der Waals surface area contributed by atoms with E-state index in [-0.39, 0.29) is 0 Å². The van der Waals surface area contributed by atoms with E-state index in [9.17, 15) is 13.2 Å². The number of carboxylic acids is 1. The van der Waals surface area contributed by atoms with Gasteiger partial charge in [-0.25, -0.2) is 4.79 Å². The van der Waals surface area contributed by atoms with Crippen LogP contribution in [0.4, 0.5) is 19.0 Å². The maximum Gasteiger partial charge on any atom is 0.490 e. The van der Waals surface area contributed by atoms with Gasteiger partial charge in [0.05, 0.1) is 6.20 Å². The molecule has 0 unspecified atom stereocenters. The fourth-order valence-corrected chi connectivity index (χ4v) is 4.92. The Bertz CT molecular complexity index is 1220. The molecule has 2 saturated heterocycles. The summed E-state index contributed by atoms with van der Waals surface area (Å²) in [6.07, 6.45) is 2.35. The number of pyridine rings is 1. The van der Waals surface area contributed by atoms with Gasteiger partial charge in [-0.15, -0.1) is 0 Å².